The highest BCUT2D eigenvalue weighted by Gasteiger charge is 2.34. The number of anilines is 1. The van der Waals surface area contributed by atoms with Crippen molar-refractivity contribution < 1.29 is 13.9 Å². The number of halogens is 1. The second-order valence-electron chi connectivity index (χ2n) is 8.48. The fraction of sp³-hybridized carbons (Fsp3) is 0.148. The maximum absolute atomic E-state index is 13.3. The molecule has 0 spiro atoms. The summed E-state index contributed by atoms with van der Waals surface area (Å²) in [6.07, 6.45) is 0.288. The molecule has 1 amide bonds. The van der Waals surface area contributed by atoms with Gasteiger partial charge in [0.25, 0.3) is 0 Å². The SMILES string of the molecule is Cc1nn(-c2nc3ccccc3s2)c2c1[C@H](c1ccccc1OCc1ccc(F)cc1)CC(=O)N2. The number of benzene rings is 3. The van der Waals surface area contributed by atoms with Gasteiger partial charge in [0.2, 0.25) is 11.0 Å². The van der Waals surface area contributed by atoms with E-state index in [9.17, 15) is 9.18 Å². The second-order valence-corrected chi connectivity index (χ2v) is 9.49. The number of carbonyl (C=O) groups excluding carboxylic acids is 1. The minimum Gasteiger partial charge on any atom is -0.489 e. The number of hydrogen-bond donors (Lipinski definition) is 1. The zero-order valence-corrected chi connectivity index (χ0v) is 19.7. The van der Waals surface area contributed by atoms with Gasteiger partial charge >= 0.3 is 0 Å². The van der Waals surface area contributed by atoms with Gasteiger partial charge in [0.1, 0.15) is 24.0 Å². The number of rotatable bonds is 5. The summed E-state index contributed by atoms with van der Waals surface area (Å²) >= 11 is 1.53. The number of aromatic nitrogens is 3. The van der Waals surface area contributed by atoms with Crippen LogP contribution < -0.4 is 10.1 Å². The molecule has 0 saturated heterocycles. The van der Waals surface area contributed by atoms with Crippen molar-refractivity contribution in [1.29, 1.82) is 0 Å². The van der Waals surface area contributed by atoms with Gasteiger partial charge in [0, 0.05) is 23.5 Å². The number of amides is 1. The Morgan fingerprint density at radius 3 is 2.69 bits per heavy atom. The standard InChI is InChI=1S/C27H21FN4O2S/c1-16-25-20(19-6-2-4-8-22(19)34-15-17-10-12-18(28)13-11-17)14-24(33)30-26(25)32(31-16)27-29-21-7-3-5-9-23(21)35-27/h2-13,20H,14-15H2,1H3,(H,30,33)/t20-/m0/s1. The van der Waals surface area contributed by atoms with Gasteiger partial charge in [-0.15, -0.1) is 0 Å². The van der Waals surface area contributed by atoms with E-state index in [2.05, 4.69) is 5.32 Å². The summed E-state index contributed by atoms with van der Waals surface area (Å²) in [5, 5.41) is 8.51. The fourth-order valence-electron chi connectivity index (χ4n) is 4.54. The smallest absolute Gasteiger partial charge is 0.226 e. The summed E-state index contributed by atoms with van der Waals surface area (Å²) in [6.45, 7) is 2.25. The quantitative estimate of drug-likeness (QED) is 0.333. The van der Waals surface area contributed by atoms with Crippen molar-refractivity contribution in [3.63, 3.8) is 0 Å². The van der Waals surface area contributed by atoms with Gasteiger partial charge in [-0.25, -0.2) is 9.37 Å². The summed E-state index contributed by atoms with van der Waals surface area (Å²) in [4.78, 5) is 17.6. The molecule has 2 aromatic heterocycles. The lowest BCUT2D eigenvalue weighted by atomic mass is 9.85. The van der Waals surface area contributed by atoms with Crippen molar-refractivity contribution in [3.8, 4) is 10.9 Å². The van der Waals surface area contributed by atoms with Gasteiger partial charge in [0.15, 0.2) is 0 Å². The molecule has 0 fully saturated rings. The molecule has 0 bridgehead atoms. The van der Waals surface area contributed by atoms with Crippen LogP contribution in [0.1, 0.15) is 34.7 Å². The Morgan fingerprint density at radius 1 is 1.09 bits per heavy atom. The lowest BCUT2D eigenvalue weighted by Crippen LogP contribution is -2.25. The molecule has 3 aromatic carbocycles. The molecule has 1 aliphatic heterocycles. The van der Waals surface area contributed by atoms with Crippen LogP contribution in [0.5, 0.6) is 5.75 Å². The lowest BCUT2D eigenvalue weighted by molar-refractivity contribution is -0.116. The molecule has 35 heavy (non-hydrogen) atoms. The minimum atomic E-state index is -0.282. The fourth-order valence-corrected chi connectivity index (χ4v) is 5.47. The van der Waals surface area contributed by atoms with Crippen LogP contribution in [0, 0.1) is 12.7 Å². The highest BCUT2D eigenvalue weighted by molar-refractivity contribution is 7.20. The maximum atomic E-state index is 13.3. The number of aryl methyl sites for hydroxylation is 1. The van der Waals surface area contributed by atoms with Gasteiger partial charge < -0.3 is 10.1 Å². The van der Waals surface area contributed by atoms with E-state index < -0.39 is 0 Å². The van der Waals surface area contributed by atoms with Gasteiger partial charge in [-0.2, -0.15) is 9.78 Å². The first-order valence-corrected chi connectivity index (χ1v) is 12.1. The summed E-state index contributed by atoms with van der Waals surface area (Å²) in [6, 6.07) is 21.9. The molecule has 0 aliphatic carbocycles. The highest BCUT2D eigenvalue weighted by Crippen LogP contribution is 2.43. The zero-order valence-electron chi connectivity index (χ0n) is 18.9. The second kappa shape index (κ2) is 8.63. The zero-order chi connectivity index (χ0) is 23.9. The van der Waals surface area contributed by atoms with E-state index in [0.717, 1.165) is 32.6 Å². The number of thiazole rings is 1. The molecule has 5 aromatic rings. The first-order valence-electron chi connectivity index (χ1n) is 11.3. The van der Waals surface area contributed by atoms with Crippen LogP contribution in [0.15, 0.2) is 72.8 Å². The Bertz CT molecular complexity index is 1520. The largest absolute Gasteiger partial charge is 0.489 e. The van der Waals surface area contributed by atoms with Gasteiger partial charge in [-0.3, -0.25) is 4.79 Å². The van der Waals surface area contributed by atoms with Gasteiger partial charge in [-0.1, -0.05) is 53.8 Å². The van der Waals surface area contributed by atoms with Crippen LogP contribution in [0.25, 0.3) is 15.3 Å². The molecule has 174 valence electrons. The molecule has 0 saturated carbocycles. The molecule has 6 rings (SSSR count). The summed E-state index contributed by atoms with van der Waals surface area (Å²) in [5.41, 5.74) is 4.47. The molecule has 0 unspecified atom stereocenters. The number of para-hydroxylation sites is 2. The third kappa shape index (κ3) is 3.95. The molecule has 3 heterocycles. The molecule has 1 atom stereocenters. The van der Waals surface area contributed by atoms with Crippen LogP contribution in [0.4, 0.5) is 10.2 Å². The van der Waals surface area contributed by atoms with Crippen LogP contribution in [-0.4, -0.2) is 20.7 Å². The van der Waals surface area contributed by atoms with E-state index in [1.54, 1.807) is 16.8 Å². The van der Waals surface area contributed by atoms with E-state index in [0.29, 0.717) is 23.3 Å². The Kier molecular flexibility index (Phi) is 5.30. The Morgan fingerprint density at radius 2 is 1.86 bits per heavy atom. The molecule has 0 radical (unpaired) electrons. The third-order valence-electron chi connectivity index (χ3n) is 6.17. The first-order chi connectivity index (χ1) is 17.1. The normalized spacial score (nSPS) is 15.1. The number of carbonyl (C=O) groups is 1. The Balaban J connectivity index is 1.39. The number of nitrogens with one attached hydrogen (secondary N) is 1. The van der Waals surface area contributed by atoms with E-state index >= 15 is 0 Å². The predicted molar refractivity (Wildman–Crippen MR) is 134 cm³/mol. The third-order valence-corrected chi connectivity index (χ3v) is 7.18. The Labute approximate surface area is 205 Å². The van der Waals surface area contributed by atoms with E-state index in [-0.39, 0.29) is 24.1 Å². The topological polar surface area (TPSA) is 69.0 Å². The van der Waals surface area contributed by atoms with E-state index in [1.807, 2.05) is 55.5 Å². The molecule has 6 nitrogen and oxygen atoms in total. The van der Waals surface area contributed by atoms with E-state index in [1.165, 1.54) is 23.5 Å². The molecular weight excluding hydrogens is 463 g/mol. The van der Waals surface area contributed by atoms with Crippen LogP contribution in [-0.2, 0) is 11.4 Å². The number of ether oxygens (including phenoxy) is 1. The number of fused-ring (bicyclic) bond motifs is 2. The number of hydrogen-bond acceptors (Lipinski definition) is 5. The van der Waals surface area contributed by atoms with Crippen molar-refractivity contribution in [1.82, 2.24) is 14.8 Å². The summed E-state index contributed by atoms with van der Waals surface area (Å²) in [5.74, 6) is 0.755. The van der Waals surface area contributed by atoms with Crippen molar-refractivity contribution in [3.05, 3.63) is 101 Å². The van der Waals surface area contributed by atoms with Crippen molar-refractivity contribution >= 4 is 33.3 Å². The van der Waals surface area contributed by atoms with Crippen molar-refractivity contribution in [2.75, 3.05) is 5.32 Å². The minimum absolute atomic E-state index is 0.0851. The molecule has 8 heteroatoms. The van der Waals surface area contributed by atoms with Crippen LogP contribution in [0.2, 0.25) is 0 Å². The maximum Gasteiger partial charge on any atom is 0.226 e. The summed E-state index contributed by atoms with van der Waals surface area (Å²) < 4.78 is 22.2. The first kappa shape index (κ1) is 21.5. The average Bonchev–Trinajstić information content (AvgIpc) is 3.44. The molecular formula is C27H21FN4O2S. The lowest BCUT2D eigenvalue weighted by Gasteiger charge is -2.25. The Hall–Kier alpha value is -4.04. The molecule has 1 N–H and O–H groups in total. The van der Waals surface area contributed by atoms with Crippen LogP contribution >= 0.6 is 11.3 Å². The van der Waals surface area contributed by atoms with Crippen molar-refractivity contribution in [2.24, 2.45) is 0 Å². The van der Waals surface area contributed by atoms with E-state index in [4.69, 9.17) is 14.8 Å². The number of nitrogens with zero attached hydrogens (tertiary/aromatic N) is 3. The molecule has 1 aliphatic rings. The van der Waals surface area contributed by atoms with Gasteiger partial charge in [-0.05, 0) is 42.8 Å². The predicted octanol–water partition coefficient (Wildman–Crippen LogP) is 5.98. The van der Waals surface area contributed by atoms with Crippen LogP contribution in [0.3, 0.4) is 0 Å². The monoisotopic (exact) mass is 484 g/mol. The summed E-state index contributed by atoms with van der Waals surface area (Å²) in [7, 11) is 0. The van der Waals surface area contributed by atoms with Crippen molar-refractivity contribution in [2.45, 2.75) is 25.9 Å². The highest BCUT2D eigenvalue weighted by atomic mass is 32.1. The van der Waals surface area contributed by atoms with Gasteiger partial charge in [0.05, 0.1) is 15.9 Å². The average molecular weight is 485 g/mol.